The lowest BCUT2D eigenvalue weighted by molar-refractivity contribution is -0.140. The van der Waals surface area contributed by atoms with Crippen molar-refractivity contribution in [3.63, 3.8) is 0 Å². The van der Waals surface area contributed by atoms with Gasteiger partial charge in [-0.05, 0) is 37.8 Å². The number of halogens is 1. The van der Waals surface area contributed by atoms with Crippen LogP contribution in [0, 0.1) is 0 Å². The number of carbonyl (C=O) groups is 2. The molecule has 1 aliphatic rings. The van der Waals surface area contributed by atoms with E-state index in [1.54, 1.807) is 0 Å². The second kappa shape index (κ2) is 7.93. The molecule has 0 saturated heterocycles. The maximum atomic E-state index is 12.8. The molecule has 0 amide bonds. The van der Waals surface area contributed by atoms with Gasteiger partial charge in [-0.15, -0.1) is 0 Å². The zero-order valence-electron chi connectivity index (χ0n) is 13.7. The van der Waals surface area contributed by atoms with E-state index in [1.165, 1.54) is 7.11 Å². The van der Waals surface area contributed by atoms with Gasteiger partial charge in [0.05, 0.1) is 7.11 Å². The molecule has 1 fully saturated rings. The number of rotatable bonds is 6. The molecule has 0 aliphatic heterocycles. The highest BCUT2D eigenvalue weighted by Gasteiger charge is 2.43. The Morgan fingerprint density at radius 2 is 2.13 bits per heavy atom. The lowest BCUT2D eigenvalue weighted by Crippen LogP contribution is -2.54. The predicted molar refractivity (Wildman–Crippen MR) is 90.5 cm³/mol. The van der Waals surface area contributed by atoms with E-state index in [9.17, 15) is 9.59 Å². The zero-order chi connectivity index (χ0) is 16.9. The Morgan fingerprint density at radius 1 is 1.39 bits per heavy atom. The van der Waals surface area contributed by atoms with Gasteiger partial charge in [0.1, 0.15) is 5.54 Å². The quantitative estimate of drug-likeness (QED) is 0.806. The molecule has 0 spiro atoms. The molecule has 0 radical (unpaired) electrons. The average molecular weight is 338 g/mol. The topological polar surface area (TPSA) is 55.4 Å². The smallest absolute Gasteiger partial charge is 0.305 e. The first-order valence-corrected chi connectivity index (χ1v) is 8.50. The van der Waals surface area contributed by atoms with Gasteiger partial charge >= 0.3 is 5.97 Å². The first-order valence-electron chi connectivity index (χ1n) is 8.12. The van der Waals surface area contributed by atoms with Gasteiger partial charge < -0.3 is 4.74 Å². The van der Waals surface area contributed by atoms with Crippen LogP contribution in [0.25, 0.3) is 0 Å². The number of benzene rings is 1. The summed E-state index contributed by atoms with van der Waals surface area (Å²) in [6.07, 6.45) is 4.14. The lowest BCUT2D eigenvalue weighted by Gasteiger charge is -2.40. The molecule has 1 unspecified atom stereocenters. The van der Waals surface area contributed by atoms with Crippen molar-refractivity contribution in [3.05, 3.63) is 34.9 Å². The van der Waals surface area contributed by atoms with Gasteiger partial charge in [-0.1, -0.05) is 36.2 Å². The molecule has 1 aromatic rings. The molecule has 2 atom stereocenters. The highest BCUT2D eigenvalue weighted by Crippen LogP contribution is 2.38. The summed E-state index contributed by atoms with van der Waals surface area (Å²) in [6.45, 7) is 1.99. The van der Waals surface area contributed by atoms with E-state index in [1.807, 2.05) is 31.2 Å². The van der Waals surface area contributed by atoms with E-state index in [-0.39, 0.29) is 17.8 Å². The first kappa shape index (κ1) is 18.0. The normalized spacial score (nSPS) is 22.7. The van der Waals surface area contributed by atoms with Crippen LogP contribution >= 0.6 is 11.6 Å². The molecule has 23 heavy (non-hydrogen) atoms. The molecule has 0 heterocycles. The van der Waals surface area contributed by atoms with Crippen LogP contribution < -0.4 is 5.32 Å². The number of hydrogen-bond acceptors (Lipinski definition) is 4. The maximum Gasteiger partial charge on any atom is 0.305 e. The molecule has 1 saturated carbocycles. The highest BCUT2D eigenvalue weighted by molar-refractivity contribution is 6.31. The van der Waals surface area contributed by atoms with Gasteiger partial charge in [0.25, 0.3) is 0 Å². The summed E-state index contributed by atoms with van der Waals surface area (Å²) >= 11 is 6.38. The van der Waals surface area contributed by atoms with Gasteiger partial charge in [0.15, 0.2) is 5.78 Å². The molecule has 1 aliphatic carbocycles. The summed E-state index contributed by atoms with van der Waals surface area (Å²) in [4.78, 5) is 24.1. The number of hydrogen-bond donors (Lipinski definition) is 1. The minimum absolute atomic E-state index is 0.00687. The second-order valence-electron chi connectivity index (χ2n) is 6.18. The number of esters is 1. The minimum Gasteiger partial charge on any atom is -0.469 e. The van der Waals surface area contributed by atoms with Gasteiger partial charge in [-0.25, -0.2) is 0 Å². The monoisotopic (exact) mass is 337 g/mol. The van der Waals surface area contributed by atoms with Crippen LogP contribution in [0.4, 0.5) is 0 Å². The van der Waals surface area contributed by atoms with Crippen LogP contribution in [0.2, 0.25) is 5.02 Å². The van der Waals surface area contributed by atoms with Crippen molar-refractivity contribution in [2.24, 2.45) is 0 Å². The molecule has 4 nitrogen and oxygen atoms in total. The zero-order valence-corrected chi connectivity index (χ0v) is 14.5. The number of Topliss-reactive ketones (excluding diaryl/α,β-unsaturated/α-hetero) is 1. The van der Waals surface area contributed by atoms with E-state index in [2.05, 4.69) is 10.1 Å². The fraction of sp³-hybridized carbons (Fsp3) is 0.556. The summed E-state index contributed by atoms with van der Waals surface area (Å²) < 4.78 is 4.69. The van der Waals surface area contributed by atoms with Gasteiger partial charge in [0.2, 0.25) is 0 Å². The van der Waals surface area contributed by atoms with Crippen molar-refractivity contribution in [1.82, 2.24) is 5.32 Å². The van der Waals surface area contributed by atoms with E-state index >= 15 is 0 Å². The third-order valence-electron chi connectivity index (χ3n) is 4.52. The Morgan fingerprint density at radius 3 is 2.78 bits per heavy atom. The van der Waals surface area contributed by atoms with Crippen LogP contribution in [-0.4, -0.2) is 24.9 Å². The fourth-order valence-corrected chi connectivity index (χ4v) is 3.58. The maximum absolute atomic E-state index is 12.8. The van der Waals surface area contributed by atoms with Crippen molar-refractivity contribution in [3.8, 4) is 0 Å². The third kappa shape index (κ3) is 4.12. The van der Waals surface area contributed by atoms with Gasteiger partial charge in [0, 0.05) is 23.9 Å². The van der Waals surface area contributed by atoms with Crippen LogP contribution in [0.1, 0.15) is 51.0 Å². The average Bonchev–Trinajstić information content (AvgIpc) is 2.55. The Balaban J connectivity index is 2.23. The minimum atomic E-state index is -0.744. The third-order valence-corrected chi connectivity index (χ3v) is 4.85. The highest BCUT2D eigenvalue weighted by atomic mass is 35.5. The number of methoxy groups -OCH3 is 1. The molecule has 0 bridgehead atoms. The number of ether oxygens (including phenoxy) is 1. The Hall–Kier alpha value is -1.39. The molecular formula is C18H24ClNO3. The van der Waals surface area contributed by atoms with E-state index in [0.29, 0.717) is 24.3 Å². The largest absolute Gasteiger partial charge is 0.469 e. The van der Waals surface area contributed by atoms with Crippen molar-refractivity contribution < 1.29 is 14.3 Å². The van der Waals surface area contributed by atoms with Crippen LogP contribution in [0.15, 0.2) is 24.3 Å². The molecule has 126 valence electrons. The molecule has 2 rings (SSSR count). The van der Waals surface area contributed by atoms with Crippen molar-refractivity contribution in [2.75, 3.05) is 7.11 Å². The van der Waals surface area contributed by atoms with Crippen molar-refractivity contribution in [2.45, 2.75) is 57.0 Å². The number of carbonyl (C=O) groups excluding carboxylic acids is 2. The van der Waals surface area contributed by atoms with Crippen LogP contribution in [-0.2, 0) is 19.9 Å². The molecule has 1 aromatic carbocycles. The number of ketones is 1. The molecule has 1 N–H and O–H groups in total. The Labute approximate surface area is 142 Å². The van der Waals surface area contributed by atoms with Gasteiger partial charge in [-0.3, -0.25) is 14.9 Å². The first-order chi connectivity index (χ1) is 11.0. The summed E-state index contributed by atoms with van der Waals surface area (Å²) in [6, 6.07) is 7.53. The van der Waals surface area contributed by atoms with Crippen LogP contribution in [0.3, 0.4) is 0 Å². The summed E-state index contributed by atoms with van der Waals surface area (Å²) in [5, 5.41) is 4.08. The van der Waals surface area contributed by atoms with E-state index < -0.39 is 5.54 Å². The molecule has 0 aromatic heterocycles. The predicted octanol–water partition coefficient (Wildman–Crippen LogP) is 3.61. The fourth-order valence-electron chi connectivity index (χ4n) is 3.28. The van der Waals surface area contributed by atoms with Crippen molar-refractivity contribution >= 4 is 23.4 Å². The summed E-state index contributed by atoms with van der Waals surface area (Å²) in [5.74, 6) is -0.0535. The van der Waals surface area contributed by atoms with E-state index in [4.69, 9.17) is 11.6 Å². The molecular weight excluding hydrogens is 314 g/mol. The summed E-state index contributed by atoms with van der Waals surface area (Å²) in [5.41, 5.74) is 0.0999. The van der Waals surface area contributed by atoms with Gasteiger partial charge in [-0.2, -0.15) is 0 Å². The Bertz CT molecular complexity index is 575. The number of nitrogens with one attached hydrogen (secondary N) is 1. The van der Waals surface area contributed by atoms with E-state index in [0.717, 1.165) is 24.8 Å². The SMILES string of the molecule is COC(=O)CC[C@H](C)NC1(c2ccccc2Cl)CCCCC1=O. The van der Waals surface area contributed by atoms with Crippen molar-refractivity contribution in [1.29, 1.82) is 0 Å². The Kier molecular flexibility index (Phi) is 6.19. The second-order valence-corrected chi connectivity index (χ2v) is 6.58. The summed E-state index contributed by atoms with van der Waals surface area (Å²) in [7, 11) is 1.39. The lowest BCUT2D eigenvalue weighted by atomic mass is 9.75. The molecule has 5 heteroatoms. The van der Waals surface area contributed by atoms with Crippen LogP contribution in [0.5, 0.6) is 0 Å². The standard InChI is InChI=1S/C18H24ClNO3/c1-13(10-11-17(22)23-2)20-18(12-6-5-9-16(18)21)14-7-3-4-8-15(14)19/h3-4,7-8,13,20H,5-6,9-12H2,1-2H3/t13-,18?/m0/s1.